The highest BCUT2D eigenvalue weighted by Gasteiger charge is 2.76. The van der Waals surface area contributed by atoms with Crippen LogP contribution < -0.4 is 0 Å². The third-order valence-electron chi connectivity index (χ3n) is 5.28. The minimum atomic E-state index is -1.13. The van der Waals surface area contributed by atoms with Crippen LogP contribution in [0.5, 0.6) is 0 Å². The van der Waals surface area contributed by atoms with E-state index >= 15 is 0 Å². The molecule has 3 aliphatic heterocycles. The molecule has 0 saturated carbocycles. The van der Waals surface area contributed by atoms with E-state index in [1.54, 1.807) is 4.91 Å². The summed E-state index contributed by atoms with van der Waals surface area (Å²) in [6.07, 6.45) is 5.17. The summed E-state index contributed by atoms with van der Waals surface area (Å²) in [6.45, 7) is 11.2. The van der Waals surface area contributed by atoms with E-state index in [9.17, 15) is 0 Å². The van der Waals surface area contributed by atoms with Crippen LogP contribution in [0.15, 0.2) is 11.0 Å². The van der Waals surface area contributed by atoms with Crippen LogP contribution in [0.3, 0.4) is 0 Å². The smallest absolute Gasteiger partial charge is 0.183 e. The maximum Gasteiger partial charge on any atom is 0.183 e. The zero-order valence-corrected chi connectivity index (χ0v) is 10.9. The second kappa shape index (κ2) is 2.32. The van der Waals surface area contributed by atoms with Crippen LogP contribution in [-0.4, -0.2) is 39.1 Å². The standard InChI is InChI=1S/C13H22NS/c1-5-11(2)14(4)10-15-7-6-13(15,3)8-12(15)9-15/h8,10-11H,4-7,9H2,1-3H3/q+1. The Hall–Kier alpha value is -0.370. The van der Waals surface area contributed by atoms with Crippen molar-refractivity contribution in [2.24, 2.45) is 0 Å². The predicted octanol–water partition coefficient (Wildman–Crippen LogP) is 2.67. The molecule has 0 aromatic carbocycles. The van der Waals surface area contributed by atoms with Gasteiger partial charge in [0.1, 0.15) is 6.72 Å². The topological polar surface area (TPSA) is 3.01 Å². The summed E-state index contributed by atoms with van der Waals surface area (Å²) in [5, 5.41) is 0. The van der Waals surface area contributed by atoms with Crippen molar-refractivity contribution in [1.29, 1.82) is 0 Å². The van der Waals surface area contributed by atoms with Crippen LogP contribution in [0.4, 0.5) is 0 Å². The van der Waals surface area contributed by atoms with Gasteiger partial charge in [0.15, 0.2) is 11.5 Å². The average molecular weight is 224 g/mol. The van der Waals surface area contributed by atoms with Gasteiger partial charge in [-0.1, -0.05) is 13.0 Å². The van der Waals surface area contributed by atoms with Gasteiger partial charge in [0.05, 0.1) is 0 Å². The maximum atomic E-state index is 4.22. The van der Waals surface area contributed by atoms with Gasteiger partial charge < -0.3 is 0 Å². The molecule has 0 aliphatic carbocycles. The lowest BCUT2D eigenvalue weighted by molar-refractivity contribution is -0.429. The molecule has 1 nitrogen and oxygen atoms in total. The van der Waals surface area contributed by atoms with Crippen molar-refractivity contribution >= 4 is 21.0 Å². The Balaban J connectivity index is 2.01. The second-order valence-corrected chi connectivity index (χ2v) is 11.1. The van der Waals surface area contributed by atoms with Crippen LogP contribution in [0, 0.1) is 0 Å². The molecule has 2 fully saturated rings. The molecule has 3 rings (SSSR count). The minimum Gasteiger partial charge on any atom is -0.205 e. The van der Waals surface area contributed by atoms with E-state index < -0.39 is 8.75 Å². The Morgan fingerprint density at radius 2 is 2.47 bits per heavy atom. The lowest BCUT2D eigenvalue weighted by Gasteiger charge is -2.60. The molecule has 2 atom stereocenters. The highest BCUT2D eigenvalue weighted by atomic mass is 32.3. The second-order valence-electron chi connectivity index (χ2n) is 5.85. The van der Waals surface area contributed by atoms with Crippen molar-refractivity contribution in [3.8, 4) is 0 Å². The molecule has 0 amide bonds. The molecule has 0 aromatic heterocycles. The molecule has 0 radical (unpaired) electrons. The summed E-state index contributed by atoms with van der Waals surface area (Å²) in [4.78, 5) is 1.80. The number of hydrogen-bond donors (Lipinski definition) is 0. The summed E-state index contributed by atoms with van der Waals surface area (Å²) >= 11 is 0. The third kappa shape index (κ3) is 0.780. The normalized spacial score (nSPS) is 41.3. The molecule has 15 heavy (non-hydrogen) atoms. The van der Waals surface area contributed by atoms with Gasteiger partial charge in [0, 0.05) is 16.9 Å². The first kappa shape index (κ1) is 9.83. The Morgan fingerprint density at radius 3 is 2.80 bits per heavy atom. The van der Waals surface area contributed by atoms with Crippen molar-refractivity contribution in [2.45, 2.75) is 44.4 Å². The number of nitrogens with zero attached hydrogens (tertiary/aromatic N) is 1. The molecule has 0 aromatic rings. The third-order valence-corrected chi connectivity index (χ3v) is 12.0. The van der Waals surface area contributed by atoms with E-state index in [0.29, 0.717) is 10.8 Å². The van der Waals surface area contributed by atoms with Gasteiger partial charge in [-0.05, 0) is 30.9 Å². The molecule has 0 bridgehead atoms. The zero-order valence-electron chi connectivity index (χ0n) is 10.1. The molecular formula is C13H22NS+. The van der Waals surface area contributed by atoms with Gasteiger partial charge in [-0.15, -0.1) is 0 Å². The van der Waals surface area contributed by atoms with E-state index in [4.69, 9.17) is 0 Å². The fraction of sp³-hybridized carbons (Fsp3) is 0.692. The van der Waals surface area contributed by atoms with E-state index in [1.807, 2.05) is 0 Å². The molecule has 3 aliphatic rings. The molecule has 3 heterocycles. The van der Waals surface area contributed by atoms with E-state index in [1.165, 1.54) is 24.3 Å². The predicted molar refractivity (Wildman–Crippen MR) is 71.6 cm³/mol. The zero-order chi connectivity index (χ0) is 10.9. The first-order valence-corrected chi connectivity index (χ1v) is 8.47. The van der Waals surface area contributed by atoms with E-state index in [-0.39, 0.29) is 0 Å². The minimum absolute atomic E-state index is 0.593. The first-order chi connectivity index (χ1) is 6.97. The fourth-order valence-electron chi connectivity index (χ4n) is 3.38. The quantitative estimate of drug-likeness (QED) is 0.300. The fourth-order valence-corrected chi connectivity index (χ4v) is 9.82. The number of rotatable bonds is 3. The largest absolute Gasteiger partial charge is 0.205 e. The summed E-state index contributed by atoms with van der Waals surface area (Å²) in [6, 6.07) is 0.597. The molecule has 2 heteroatoms. The Labute approximate surface area is 92.7 Å². The van der Waals surface area contributed by atoms with Gasteiger partial charge in [-0.25, -0.2) is 4.58 Å². The highest BCUT2D eigenvalue weighted by Crippen LogP contribution is 2.99. The van der Waals surface area contributed by atoms with Crippen LogP contribution >= 0.6 is 8.75 Å². The summed E-state index contributed by atoms with van der Waals surface area (Å²) in [5.74, 6) is 2.90. The monoisotopic (exact) mass is 224 g/mol. The lowest BCUT2D eigenvalue weighted by atomic mass is 10.1. The molecule has 84 valence electrons. The molecule has 2 unspecified atom stereocenters. The van der Waals surface area contributed by atoms with Crippen molar-refractivity contribution in [1.82, 2.24) is 0 Å². The van der Waals surface area contributed by atoms with E-state index in [2.05, 4.69) is 43.6 Å². The van der Waals surface area contributed by atoms with Gasteiger partial charge in [-0.3, -0.25) is 0 Å². The SMILES string of the molecule is C=[N+](C=S123CCC1(C)C=C2C3)C(C)CC. The van der Waals surface area contributed by atoms with E-state index in [0.717, 1.165) is 0 Å². The van der Waals surface area contributed by atoms with Crippen LogP contribution in [0.25, 0.3) is 0 Å². The average Bonchev–Trinajstić information content (AvgIpc) is 2.85. The van der Waals surface area contributed by atoms with Crippen molar-refractivity contribution in [2.75, 3.05) is 11.5 Å². The van der Waals surface area contributed by atoms with Crippen LogP contribution in [0.1, 0.15) is 33.6 Å². The van der Waals surface area contributed by atoms with Gasteiger partial charge >= 0.3 is 0 Å². The van der Waals surface area contributed by atoms with Gasteiger partial charge in [0.25, 0.3) is 0 Å². The summed E-state index contributed by atoms with van der Waals surface area (Å²) in [5.41, 5.74) is 2.57. The Kier molecular flexibility index (Phi) is 1.52. The van der Waals surface area contributed by atoms with Gasteiger partial charge in [0.2, 0.25) is 0 Å². The lowest BCUT2D eigenvalue weighted by Crippen LogP contribution is -2.47. The molecule has 2 saturated heterocycles. The molecule has 1 spiro atoms. The number of hydrogen-bond acceptors (Lipinski definition) is 0. The maximum absolute atomic E-state index is 4.22. The van der Waals surface area contributed by atoms with Gasteiger partial charge in [-0.2, -0.15) is 8.75 Å². The highest BCUT2D eigenvalue weighted by molar-refractivity contribution is 8.58. The summed E-state index contributed by atoms with van der Waals surface area (Å²) in [7, 11) is -1.13. The van der Waals surface area contributed by atoms with Crippen molar-refractivity contribution < 1.29 is 4.58 Å². The first-order valence-electron chi connectivity index (χ1n) is 6.03. The van der Waals surface area contributed by atoms with Crippen molar-refractivity contribution in [3.05, 3.63) is 11.0 Å². The van der Waals surface area contributed by atoms with Crippen molar-refractivity contribution in [3.63, 3.8) is 0 Å². The Morgan fingerprint density at radius 1 is 1.73 bits per heavy atom. The van der Waals surface area contributed by atoms with Crippen LogP contribution in [0.2, 0.25) is 0 Å². The Bertz CT molecular complexity index is 471. The summed E-state index contributed by atoms with van der Waals surface area (Å²) < 4.78 is 2.86. The molecule has 0 N–H and O–H groups in total. The van der Waals surface area contributed by atoms with Crippen LogP contribution in [-0.2, 0) is 0 Å². The molecular weight excluding hydrogens is 202 g/mol.